The average molecular weight is 999 g/mol. The van der Waals surface area contributed by atoms with E-state index < -0.39 is 12.1 Å². The average Bonchev–Trinajstić information content (AvgIpc) is 3.37. The van der Waals surface area contributed by atoms with E-state index in [1.807, 2.05) is 0 Å². The van der Waals surface area contributed by atoms with Crippen molar-refractivity contribution in [3.05, 3.63) is 36.5 Å². The van der Waals surface area contributed by atoms with Gasteiger partial charge < -0.3 is 20.3 Å². The molecule has 2 atom stereocenters. The maximum atomic E-state index is 12.5. The minimum atomic E-state index is -0.670. The number of ether oxygens (including phenoxy) is 1. The lowest BCUT2D eigenvalue weighted by Gasteiger charge is -2.22. The van der Waals surface area contributed by atoms with Crippen LogP contribution in [0, 0.1) is 0 Å². The van der Waals surface area contributed by atoms with Gasteiger partial charge in [-0.2, -0.15) is 0 Å². The molecule has 0 bridgehead atoms. The summed E-state index contributed by atoms with van der Waals surface area (Å²) in [6.45, 7) is 4.95. The van der Waals surface area contributed by atoms with Crippen molar-refractivity contribution in [2.45, 2.75) is 353 Å². The maximum absolute atomic E-state index is 12.5. The van der Waals surface area contributed by atoms with Gasteiger partial charge in [-0.05, 0) is 83.5 Å². The van der Waals surface area contributed by atoms with E-state index in [9.17, 15) is 19.8 Å². The molecule has 0 radical (unpaired) electrons. The van der Waals surface area contributed by atoms with Crippen molar-refractivity contribution in [3.8, 4) is 0 Å². The van der Waals surface area contributed by atoms with Crippen LogP contribution in [-0.2, 0) is 14.3 Å². The first-order valence-electron chi connectivity index (χ1n) is 31.7. The van der Waals surface area contributed by atoms with E-state index in [-0.39, 0.29) is 18.5 Å². The zero-order valence-corrected chi connectivity index (χ0v) is 47.7. The number of rotatable bonds is 59. The van der Waals surface area contributed by atoms with Gasteiger partial charge in [-0.1, -0.05) is 281 Å². The van der Waals surface area contributed by atoms with Crippen LogP contribution in [0.15, 0.2) is 36.5 Å². The van der Waals surface area contributed by atoms with Crippen molar-refractivity contribution in [2.75, 3.05) is 13.2 Å². The Balaban J connectivity index is 3.42. The number of carbonyl (C=O) groups is 2. The fourth-order valence-electron chi connectivity index (χ4n) is 9.78. The number of esters is 1. The fourth-order valence-corrected chi connectivity index (χ4v) is 9.78. The summed E-state index contributed by atoms with van der Waals surface area (Å²) in [4.78, 5) is 24.5. The largest absolute Gasteiger partial charge is 0.466 e. The first kappa shape index (κ1) is 69.1. The number of nitrogens with one attached hydrogen (secondary N) is 1. The highest BCUT2D eigenvalue weighted by molar-refractivity contribution is 5.76. The van der Waals surface area contributed by atoms with Crippen LogP contribution in [0.5, 0.6) is 0 Å². The fraction of sp³-hybridized carbons (Fsp3) is 0.877. The van der Waals surface area contributed by atoms with Gasteiger partial charge in [-0.25, -0.2) is 0 Å². The minimum absolute atomic E-state index is 0.00673. The zero-order valence-electron chi connectivity index (χ0n) is 47.7. The molecular weight excluding hydrogens is 875 g/mol. The van der Waals surface area contributed by atoms with Gasteiger partial charge in [0.25, 0.3) is 0 Å². The summed E-state index contributed by atoms with van der Waals surface area (Å²) in [7, 11) is 0. The Morgan fingerprint density at radius 2 is 0.704 bits per heavy atom. The minimum Gasteiger partial charge on any atom is -0.466 e. The van der Waals surface area contributed by atoms with E-state index >= 15 is 0 Å². The summed E-state index contributed by atoms with van der Waals surface area (Å²) in [5, 5.41) is 23.2. The lowest BCUT2D eigenvalue weighted by molar-refractivity contribution is -0.143. The van der Waals surface area contributed by atoms with E-state index in [1.165, 1.54) is 250 Å². The molecule has 0 fully saturated rings. The Hall–Kier alpha value is -1.92. The van der Waals surface area contributed by atoms with Crippen LogP contribution in [0.4, 0.5) is 0 Å². The molecule has 0 heterocycles. The molecule has 71 heavy (non-hydrogen) atoms. The molecule has 0 aliphatic rings. The number of aliphatic hydroxyl groups is 2. The molecule has 0 saturated carbocycles. The summed E-state index contributed by atoms with van der Waals surface area (Å²) in [5.74, 6) is -0.0387. The van der Waals surface area contributed by atoms with Gasteiger partial charge in [0.05, 0.1) is 25.4 Å². The number of amides is 1. The SMILES string of the molecule is CCCCCCCC/C=C\CCCCCCCCCCCC(=O)OCCCCCCCCCCC/C=C\C/C=C\CCCCCCCCCC(=O)NC(CO)C(O)CCCCCCCCCCCCCC. The Morgan fingerprint density at radius 1 is 0.394 bits per heavy atom. The second kappa shape index (κ2) is 60.6. The Labute approximate surface area is 443 Å². The first-order chi connectivity index (χ1) is 35.0. The van der Waals surface area contributed by atoms with Gasteiger partial charge in [-0.3, -0.25) is 9.59 Å². The van der Waals surface area contributed by atoms with Gasteiger partial charge in [0.2, 0.25) is 5.91 Å². The van der Waals surface area contributed by atoms with Crippen molar-refractivity contribution in [2.24, 2.45) is 0 Å². The maximum Gasteiger partial charge on any atom is 0.305 e. The van der Waals surface area contributed by atoms with Crippen molar-refractivity contribution in [3.63, 3.8) is 0 Å². The lowest BCUT2D eigenvalue weighted by Crippen LogP contribution is -2.45. The summed E-state index contributed by atoms with van der Waals surface area (Å²) in [6, 6.07) is -0.548. The number of hydrogen-bond donors (Lipinski definition) is 3. The molecule has 2 unspecified atom stereocenters. The highest BCUT2D eigenvalue weighted by atomic mass is 16.5. The molecule has 0 aromatic heterocycles. The second-order valence-corrected chi connectivity index (χ2v) is 21.7. The number of aliphatic hydroxyl groups excluding tert-OH is 2. The van der Waals surface area contributed by atoms with Gasteiger partial charge in [-0.15, -0.1) is 0 Å². The van der Waals surface area contributed by atoms with Crippen LogP contribution in [-0.4, -0.2) is 47.4 Å². The van der Waals surface area contributed by atoms with E-state index in [1.54, 1.807) is 0 Å². The Bertz CT molecular complexity index is 1150. The quantitative estimate of drug-likeness (QED) is 0.0321. The standard InChI is InChI=1S/C65H123NO5/c1-3-5-7-9-11-13-15-17-18-19-25-29-32-35-39-43-47-51-55-59-65(70)71-60-56-52-48-44-40-36-33-30-27-24-22-20-21-23-26-28-31-34-38-42-46-50-54-58-64(69)66-62(61-67)63(68)57-53-49-45-41-37-16-14-12-10-8-6-4-2/h17-18,20,22-23,26,62-63,67-68H,3-16,19,21,24-25,27-61H2,1-2H3,(H,66,69)/b18-17-,22-20-,26-23-. The molecule has 0 aliphatic carbocycles. The molecule has 0 spiro atoms. The predicted molar refractivity (Wildman–Crippen MR) is 310 cm³/mol. The van der Waals surface area contributed by atoms with Gasteiger partial charge in [0.15, 0.2) is 0 Å². The first-order valence-corrected chi connectivity index (χ1v) is 31.7. The summed E-state index contributed by atoms with van der Waals surface area (Å²) >= 11 is 0. The molecule has 0 rings (SSSR count). The second-order valence-electron chi connectivity index (χ2n) is 21.7. The van der Waals surface area contributed by atoms with Gasteiger partial charge >= 0.3 is 5.97 Å². The Kier molecular flexibility index (Phi) is 59.0. The number of carbonyl (C=O) groups excluding carboxylic acids is 2. The van der Waals surface area contributed by atoms with E-state index in [4.69, 9.17) is 4.74 Å². The molecule has 3 N–H and O–H groups in total. The van der Waals surface area contributed by atoms with Crippen LogP contribution in [0.2, 0.25) is 0 Å². The predicted octanol–water partition coefficient (Wildman–Crippen LogP) is 20.0. The van der Waals surface area contributed by atoms with Crippen LogP contribution < -0.4 is 5.32 Å². The topological polar surface area (TPSA) is 95.9 Å². The Morgan fingerprint density at radius 3 is 1.08 bits per heavy atom. The summed E-state index contributed by atoms with van der Waals surface area (Å²) in [6.07, 6.45) is 75.9. The van der Waals surface area contributed by atoms with Crippen LogP contribution in [0.25, 0.3) is 0 Å². The number of hydrogen-bond acceptors (Lipinski definition) is 5. The van der Waals surface area contributed by atoms with Crippen LogP contribution in [0.1, 0.15) is 341 Å². The van der Waals surface area contributed by atoms with Crippen molar-refractivity contribution >= 4 is 11.9 Å². The molecular formula is C65H123NO5. The van der Waals surface area contributed by atoms with Crippen molar-refractivity contribution < 1.29 is 24.5 Å². The molecule has 0 aliphatic heterocycles. The lowest BCUT2D eigenvalue weighted by atomic mass is 10.0. The molecule has 0 aromatic carbocycles. The molecule has 0 saturated heterocycles. The summed E-state index contributed by atoms with van der Waals surface area (Å²) < 4.78 is 5.50. The highest BCUT2D eigenvalue weighted by Gasteiger charge is 2.20. The van der Waals surface area contributed by atoms with Gasteiger partial charge in [0.1, 0.15) is 0 Å². The van der Waals surface area contributed by atoms with Crippen molar-refractivity contribution in [1.82, 2.24) is 5.32 Å². The monoisotopic (exact) mass is 998 g/mol. The van der Waals surface area contributed by atoms with E-state index in [0.717, 1.165) is 57.8 Å². The molecule has 6 heteroatoms. The third kappa shape index (κ3) is 57.2. The number of unbranched alkanes of at least 4 members (excludes halogenated alkanes) is 42. The van der Waals surface area contributed by atoms with E-state index in [2.05, 4.69) is 55.6 Å². The summed E-state index contributed by atoms with van der Waals surface area (Å²) in [5.41, 5.74) is 0. The molecule has 6 nitrogen and oxygen atoms in total. The van der Waals surface area contributed by atoms with Gasteiger partial charge in [0, 0.05) is 12.8 Å². The zero-order chi connectivity index (χ0) is 51.4. The van der Waals surface area contributed by atoms with E-state index in [0.29, 0.717) is 25.9 Å². The smallest absolute Gasteiger partial charge is 0.305 e. The van der Waals surface area contributed by atoms with Crippen LogP contribution in [0.3, 0.4) is 0 Å². The highest BCUT2D eigenvalue weighted by Crippen LogP contribution is 2.17. The number of allylic oxidation sites excluding steroid dienone is 6. The molecule has 1 amide bonds. The normalized spacial score (nSPS) is 12.8. The molecule has 0 aromatic rings. The molecule has 418 valence electrons. The van der Waals surface area contributed by atoms with Crippen molar-refractivity contribution in [1.29, 1.82) is 0 Å². The third-order valence-corrected chi connectivity index (χ3v) is 14.7. The third-order valence-electron chi connectivity index (χ3n) is 14.7. The van der Waals surface area contributed by atoms with Crippen LogP contribution >= 0.6 is 0 Å².